The number of nitrogens with zero attached hydrogens (tertiary/aromatic N) is 8. The molecule has 5 aromatic rings. The van der Waals surface area contributed by atoms with Crippen LogP contribution in [0, 0.1) is 18.3 Å². The van der Waals surface area contributed by atoms with E-state index in [2.05, 4.69) is 33.1 Å². The lowest BCUT2D eigenvalue weighted by molar-refractivity contribution is 0.0283. The first kappa shape index (κ1) is 25.9. The van der Waals surface area contributed by atoms with Crippen LogP contribution in [0.5, 0.6) is 5.75 Å². The van der Waals surface area contributed by atoms with Crippen LogP contribution in [0.2, 0.25) is 0 Å². The van der Waals surface area contributed by atoms with Crippen molar-refractivity contribution in [3.05, 3.63) is 84.2 Å². The molecule has 0 aliphatic carbocycles. The molecule has 1 atom stereocenters. The first-order chi connectivity index (χ1) is 18.6. The van der Waals surface area contributed by atoms with Gasteiger partial charge in [-0.25, -0.2) is 19.2 Å². The zero-order valence-electron chi connectivity index (χ0n) is 22.6. The smallest absolute Gasteiger partial charge is 0.153 e. The predicted octanol–water partition coefficient (Wildman–Crippen LogP) is 4.50. The molecule has 5 aromatic heterocycles. The fourth-order valence-corrected chi connectivity index (χ4v) is 4.23. The Bertz CT molecular complexity index is 1640. The second-order valence-corrected chi connectivity index (χ2v) is 10.3. The van der Waals surface area contributed by atoms with Crippen molar-refractivity contribution < 1.29 is 9.84 Å². The Kier molecular flexibility index (Phi) is 6.76. The van der Waals surface area contributed by atoms with E-state index in [0.717, 1.165) is 33.9 Å². The van der Waals surface area contributed by atoms with Crippen molar-refractivity contribution in [1.29, 1.82) is 5.26 Å². The summed E-state index contributed by atoms with van der Waals surface area (Å²) in [5.74, 6) is 2.08. The minimum atomic E-state index is -0.990. The lowest BCUT2D eigenvalue weighted by atomic mass is 10.0. The quantitative estimate of drug-likeness (QED) is 0.316. The molecule has 0 spiro atoms. The molecular formula is C29H30N8O2. The summed E-state index contributed by atoms with van der Waals surface area (Å²) in [4.78, 5) is 11.4. The van der Waals surface area contributed by atoms with Crippen molar-refractivity contribution in [3.8, 4) is 28.8 Å². The summed E-state index contributed by atoms with van der Waals surface area (Å²) in [6.45, 7) is 7.57. The minimum Gasteiger partial charge on any atom is -0.489 e. The molecule has 0 aliphatic heterocycles. The fourth-order valence-electron chi connectivity index (χ4n) is 4.23. The zero-order valence-corrected chi connectivity index (χ0v) is 22.6. The van der Waals surface area contributed by atoms with Crippen LogP contribution in [-0.2, 0) is 0 Å². The number of ether oxygens (including phenoxy) is 1. The third kappa shape index (κ3) is 5.44. The van der Waals surface area contributed by atoms with Crippen molar-refractivity contribution in [3.63, 3.8) is 0 Å². The number of pyridine rings is 3. The van der Waals surface area contributed by atoms with Gasteiger partial charge in [0.25, 0.3) is 0 Å². The van der Waals surface area contributed by atoms with Crippen molar-refractivity contribution in [2.24, 2.45) is 0 Å². The fraction of sp³-hybridized carbons (Fsp3) is 0.276. The Morgan fingerprint density at radius 1 is 1.08 bits per heavy atom. The van der Waals surface area contributed by atoms with Crippen molar-refractivity contribution in [1.82, 2.24) is 29.4 Å². The van der Waals surface area contributed by atoms with E-state index in [1.807, 2.05) is 56.7 Å². The van der Waals surface area contributed by atoms with Gasteiger partial charge < -0.3 is 14.7 Å². The highest BCUT2D eigenvalue weighted by molar-refractivity contribution is 5.85. The van der Waals surface area contributed by atoms with Gasteiger partial charge in [0.1, 0.15) is 24.2 Å². The van der Waals surface area contributed by atoms with Gasteiger partial charge in [0.2, 0.25) is 0 Å². The summed E-state index contributed by atoms with van der Waals surface area (Å²) in [5, 5.41) is 28.4. The van der Waals surface area contributed by atoms with Gasteiger partial charge >= 0.3 is 0 Å². The maximum absolute atomic E-state index is 10.1. The first-order valence-corrected chi connectivity index (χ1v) is 12.6. The van der Waals surface area contributed by atoms with Crippen LogP contribution in [0.4, 0.5) is 5.82 Å². The van der Waals surface area contributed by atoms with Crippen LogP contribution in [0.25, 0.3) is 22.5 Å². The SMILES string of the molecule is Cc1cnn(-c2ccc([C@H](C)N(C)c3ccc(-c4cc(OCC(C)(C)O)cn5ncc(C#N)c45)cn3)cn2)c1. The van der Waals surface area contributed by atoms with Gasteiger partial charge in [0, 0.05) is 36.8 Å². The molecule has 0 saturated carbocycles. The first-order valence-electron chi connectivity index (χ1n) is 12.6. The van der Waals surface area contributed by atoms with Gasteiger partial charge in [-0.2, -0.15) is 15.5 Å². The van der Waals surface area contributed by atoms with Gasteiger partial charge in [0.15, 0.2) is 5.82 Å². The number of aromatic nitrogens is 6. The van der Waals surface area contributed by atoms with E-state index in [0.29, 0.717) is 16.8 Å². The van der Waals surface area contributed by atoms with E-state index in [-0.39, 0.29) is 12.6 Å². The molecule has 0 amide bonds. The molecule has 0 aromatic carbocycles. The number of nitriles is 1. The van der Waals surface area contributed by atoms with Gasteiger partial charge in [-0.05, 0) is 63.1 Å². The predicted molar refractivity (Wildman–Crippen MR) is 148 cm³/mol. The highest BCUT2D eigenvalue weighted by Gasteiger charge is 2.18. The Balaban J connectivity index is 1.40. The minimum absolute atomic E-state index is 0.0227. The lowest BCUT2D eigenvalue weighted by Crippen LogP contribution is -2.27. The number of aliphatic hydroxyl groups is 1. The maximum Gasteiger partial charge on any atom is 0.153 e. The van der Waals surface area contributed by atoms with Crippen LogP contribution < -0.4 is 9.64 Å². The average Bonchev–Trinajstić information content (AvgIpc) is 3.56. The zero-order chi connectivity index (χ0) is 27.7. The van der Waals surface area contributed by atoms with Gasteiger partial charge in [-0.15, -0.1) is 0 Å². The maximum atomic E-state index is 10.1. The van der Waals surface area contributed by atoms with Gasteiger partial charge in [0.05, 0.1) is 41.3 Å². The summed E-state index contributed by atoms with van der Waals surface area (Å²) in [6, 6.07) is 12.0. The molecule has 0 fully saturated rings. The van der Waals surface area contributed by atoms with E-state index < -0.39 is 5.60 Å². The molecule has 10 nitrogen and oxygen atoms in total. The van der Waals surface area contributed by atoms with E-state index in [9.17, 15) is 10.4 Å². The molecule has 39 heavy (non-hydrogen) atoms. The second kappa shape index (κ2) is 10.2. The molecular weight excluding hydrogens is 492 g/mol. The Morgan fingerprint density at radius 3 is 2.51 bits per heavy atom. The summed E-state index contributed by atoms with van der Waals surface area (Å²) < 4.78 is 9.21. The molecule has 198 valence electrons. The Morgan fingerprint density at radius 2 is 1.90 bits per heavy atom. The van der Waals surface area contributed by atoms with Crippen molar-refractivity contribution in [2.45, 2.75) is 39.3 Å². The molecule has 0 aliphatic rings. The van der Waals surface area contributed by atoms with Crippen LogP contribution in [0.1, 0.15) is 43.5 Å². The third-order valence-electron chi connectivity index (χ3n) is 6.50. The summed E-state index contributed by atoms with van der Waals surface area (Å²) in [5.41, 5.74) is 3.84. The van der Waals surface area contributed by atoms with Crippen LogP contribution >= 0.6 is 0 Å². The van der Waals surface area contributed by atoms with Crippen molar-refractivity contribution >= 4 is 11.3 Å². The number of hydrogen-bond donors (Lipinski definition) is 1. The standard InChI is InChI=1S/C29H30N8O2/c1-19-12-33-36(16-19)27-9-6-21(13-32-27)20(2)35(5)26-8-7-22(14-31-26)25-10-24(39-18-29(3,4)38)17-37-28(25)23(11-30)15-34-37/h6-10,12-17,20,38H,18H2,1-5H3/t20-/m0/s1. The largest absolute Gasteiger partial charge is 0.489 e. The summed E-state index contributed by atoms with van der Waals surface area (Å²) in [7, 11) is 1.99. The molecule has 10 heteroatoms. The average molecular weight is 523 g/mol. The lowest BCUT2D eigenvalue weighted by Gasteiger charge is -2.26. The van der Waals surface area contributed by atoms with E-state index in [4.69, 9.17) is 9.72 Å². The van der Waals surface area contributed by atoms with Gasteiger partial charge in [-0.1, -0.05) is 6.07 Å². The van der Waals surface area contributed by atoms with E-state index in [1.54, 1.807) is 41.6 Å². The normalized spacial score (nSPS) is 12.3. The van der Waals surface area contributed by atoms with Crippen molar-refractivity contribution in [2.75, 3.05) is 18.6 Å². The summed E-state index contributed by atoms with van der Waals surface area (Å²) >= 11 is 0. The highest BCUT2D eigenvalue weighted by atomic mass is 16.5. The monoisotopic (exact) mass is 522 g/mol. The number of rotatable bonds is 8. The molecule has 0 bridgehead atoms. The van der Waals surface area contributed by atoms with Gasteiger partial charge in [-0.3, -0.25) is 0 Å². The van der Waals surface area contributed by atoms with Crippen LogP contribution in [0.3, 0.4) is 0 Å². The molecule has 0 unspecified atom stereocenters. The number of aryl methyl sites for hydroxylation is 1. The molecule has 0 saturated heterocycles. The van der Waals surface area contributed by atoms with E-state index >= 15 is 0 Å². The summed E-state index contributed by atoms with van der Waals surface area (Å²) in [6.07, 6.45) is 10.6. The topological polar surface area (TPSA) is 117 Å². The molecule has 1 N–H and O–H groups in total. The third-order valence-corrected chi connectivity index (χ3v) is 6.50. The van der Waals surface area contributed by atoms with Crippen LogP contribution in [-0.4, -0.2) is 53.7 Å². The van der Waals surface area contributed by atoms with Crippen LogP contribution in [0.15, 0.2) is 67.5 Å². The Hall–Kier alpha value is -4.75. The number of hydrogen-bond acceptors (Lipinski definition) is 8. The second-order valence-electron chi connectivity index (χ2n) is 10.3. The number of fused-ring (bicyclic) bond motifs is 1. The van der Waals surface area contributed by atoms with E-state index in [1.165, 1.54) is 6.20 Å². The Labute approximate surface area is 226 Å². The highest BCUT2D eigenvalue weighted by Crippen LogP contribution is 2.32. The molecule has 5 rings (SSSR count). The molecule has 0 radical (unpaired) electrons. The molecule has 5 heterocycles. The number of anilines is 1.